The van der Waals surface area contributed by atoms with E-state index in [4.69, 9.17) is 14.2 Å². The molecule has 0 N–H and O–H groups in total. The largest absolute Gasteiger partial charge is 0.423 e. The molecule has 7 heteroatoms. The van der Waals surface area contributed by atoms with Gasteiger partial charge in [0.05, 0.1) is 0 Å². The molecule has 0 aliphatic heterocycles. The number of hydrogen-bond donors (Lipinski definition) is 0. The third kappa shape index (κ3) is 8.88. The summed E-state index contributed by atoms with van der Waals surface area (Å²) in [5, 5.41) is 0. The third-order valence-corrected chi connectivity index (χ3v) is 7.05. The van der Waals surface area contributed by atoms with Gasteiger partial charge in [-0.1, -0.05) is 70.5 Å². The molecule has 3 rings (SSSR count). The minimum Gasteiger partial charge on any atom is -0.423 e. The van der Waals surface area contributed by atoms with Crippen LogP contribution in [0.3, 0.4) is 0 Å². The summed E-state index contributed by atoms with van der Waals surface area (Å²) < 4.78 is 17.0. The first-order chi connectivity index (χ1) is 21.6. The summed E-state index contributed by atoms with van der Waals surface area (Å²) in [6.45, 7) is 25.2. The summed E-state index contributed by atoms with van der Waals surface area (Å²) in [4.78, 5) is 49.9. The number of ketones is 1. The topological polar surface area (TPSA) is 96.0 Å². The second-order valence-corrected chi connectivity index (χ2v) is 11.7. The zero-order valence-corrected chi connectivity index (χ0v) is 27.4. The Bertz CT molecular complexity index is 1750. The van der Waals surface area contributed by atoms with Gasteiger partial charge in [0.2, 0.25) is 0 Å². The lowest BCUT2D eigenvalue weighted by atomic mass is 9.88. The predicted octanol–water partition coefficient (Wildman–Crippen LogP) is 8.67. The number of carbonyl (C=O) groups is 4. The van der Waals surface area contributed by atoms with Gasteiger partial charge in [-0.2, -0.15) is 0 Å². The minimum atomic E-state index is -0.632. The van der Waals surface area contributed by atoms with E-state index in [1.54, 1.807) is 64.1 Å². The summed E-state index contributed by atoms with van der Waals surface area (Å²) in [5.74, 6) is -1.03. The monoisotopic (exact) mass is 620 g/mol. The van der Waals surface area contributed by atoms with Gasteiger partial charge < -0.3 is 14.2 Å². The fourth-order valence-corrected chi connectivity index (χ4v) is 4.40. The summed E-state index contributed by atoms with van der Waals surface area (Å²) in [6.07, 6.45) is 0.885. The second-order valence-electron chi connectivity index (χ2n) is 11.7. The first-order valence-corrected chi connectivity index (χ1v) is 14.8. The molecule has 0 bridgehead atoms. The van der Waals surface area contributed by atoms with E-state index in [1.807, 2.05) is 32.0 Å². The van der Waals surface area contributed by atoms with Crippen molar-refractivity contribution in [3.05, 3.63) is 114 Å². The van der Waals surface area contributed by atoms with Crippen molar-refractivity contribution in [2.45, 2.75) is 60.3 Å². The highest BCUT2D eigenvalue weighted by Crippen LogP contribution is 2.44. The molecule has 0 saturated carbocycles. The van der Waals surface area contributed by atoms with Crippen molar-refractivity contribution in [1.29, 1.82) is 0 Å². The van der Waals surface area contributed by atoms with Crippen molar-refractivity contribution in [2.24, 2.45) is 0 Å². The van der Waals surface area contributed by atoms with Crippen molar-refractivity contribution >= 4 is 23.7 Å². The normalized spacial score (nSPS) is 10.6. The molecule has 0 fully saturated rings. The van der Waals surface area contributed by atoms with E-state index in [9.17, 15) is 19.2 Å². The molecule has 0 radical (unpaired) electrons. The Balaban J connectivity index is 2.25. The van der Waals surface area contributed by atoms with Gasteiger partial charge in [0, 0.05) is 34.3 Å². The van der Waals surface area contributed by atoms with E-state index in [-0.39, 0.29) is 39.9 Å². The Hall–Kier alpha value is -5.30. The van der Waals surface area contributed by atoms with E-state index in [2.05, 4.69) is 26.3 Å². The van der Waals surface area contributed by atoms with E-state index in [0.717, 1.165) is 16.7 Å². The lowest BCUT2D eigenvalue weighted by Crippen LogP contribution is -2.12. The van der Waals surface area contributed by atoms with Crippen LogP contribution >= 0.6 is 0 Å². The molecule has 0 heterocycles. The smallest absolute Gasteiger partial charge is 0.338 e. The SMILES string of the molecule is C=C(C)C(=O)CCc1ccc(-c2cc(OC(=O)C(=C)C)c(-c3ccc(OC(=O)C(=C)C)cc3)cc2OC(=O)C(=C)C)c(C(C)C)c1. The molecule has 0 unspecified atom stereocenters. The zero-order chi connectivity index (χ0) is 34.3. The molecule has 7 nitrogen and oxygen atoms in total. The van der Waals surface area contributed by atoms with Gasteiger partial charge in [-0.05, 0) is 92.1 Å². The van der Waals surface area contributed by atoms with Crippen molar-refractivity contribution in [3.8, 4) is 39.5 Å². The van der Waals surface area contributed by atoms with Crippen LogP contribution in [0.4, 0.5) is 0 Å². The van der Waals surface area contributed by atoms with Gasteiger partial charge in [-0.15, -0.1) is 0 Å². The first kappa shape index (κ1) is 35.2. The van der Waals surface area contributed by atoms with Crippen LogP contribution in [0.1, 0.15) is 65.0 Å². The molecule has 3 aromatic rings. The molecule has 3 aromatic carbocycles. The van der Waals surface area contributed by atoms with Gasteiger partial charge in [0.1, 0.15) is 17.2 Å². The van der Waals surface area contributed by atoms with Crippen LogP contribution in [-0.2, 0) is 25.6 Å². The number of allylic oxidation sites excluding steroid dienone is 1. The Kier molecular flexibility index (Phi) is 11.6. The average Bonchev–Trinajstić information content (AvgIpc) is 3.00. The highest BCUT2D eigenvalue weighted by Gasteiger charge is 2.23. The molecule has 238 valence electrons. The Morgan fingerprint density at radius 1 is 0.609 bits per heavy atom. The molecule has 0 saturated heterocycles. The molecular weight excluding hydrogens is 580 g/mol. The fourth-order valence-electron chi connectivity index (χ4n) is 4.40. The van der Waals surface area contributed by atoms with E-state index in [1.165, 1.54) is 0 Å². The number of ether oxygens (including phenoxy) is 3. The molecule has 0 aliphatic carbocycles. The average molecular weight is 621 g/mol. The van der Waals surface area contributed by atoms with Gasteiger partial charge in [0.25, 0.3) is 0 Å². The lowest BCUT2D eigenvalue weighted by Gasteiger charge is -2.20. The fraction of sp³-hybridized carbons (Fsp3) is 0.231. The number of carbonyl (C=O) groups excluding carboxylic acids is 4. The Labute approximate surface area is 270 Å². The van der Waals surface area contributed by atoms with E-state index in [0.29, 0.717) is 40.9 Å². The number of hydrogen-bond acceptors (Lipinski definition) is 7. The van der Waals surface area contributed by atoms with Crippen LogP contribution in [-0.4, -0.2) is 23.7 Å². The number of Topliss-reactive ketones (excluding diaryl/α,β-unsaturated/α-hetero) is 1. The van der Waals surface area contributed by atoms with Crippen molar-refractivity contribution in [1.82, 2.24) is 0 Å². The van der Waals surface area contributed by atoms with Crippen LogP contribution in [0, 0.1) is 0 Å². The maximum absolute atomic E-state index is 12.9. The number of benzene rings is 3. The van der Waals surface area contributed by atoms with Crippen LogP contribution in [0.5, 0.6) is 17.2 Å². The highest BCUT2D eigenvalue weighted by molar-refractivity contribution is 5.95. The van der Waals surface area contributed by atoms with E-state index < -0.39 is 17.9 Å². The van der Waals surface area contributed by atoms with Crippen molar-refractivity contribution in [3.63, 3.8) is 0 Å². The van der Waals surface area contributed by atoms with Gasteiger partial charge >= 0.3 is 17.9 Å². The van der Waals surface area contributed by atoms with Crippen LogP contribution in [0.25, 0.3) is 22.3 Å². The molecule has 46 heavy (non-hydrogen) atoms. The summed E-state index contributed by atoms with van der Waals surface area (Å²) in [5.41, 5.74) is 5.42. The Morgan fingerprint density at radius 2 is 1.11 bits per heavy atom. The number of rotatable bonds is 13. The van der Waals surface area contributed by atoms with Crippen LogP contribution in [0.15, 0.2) is 103 Å². The summed E-state index contributed by atoms with van der Waals surface area (Å²) >= 11 is 0. The summed E-state index contributed by atoms with van der Waals surface area (Å²) in [6, 6.07) is 15.8. The van der Waals surface area contributed by atoms with Gasteiger partial charge in [-0.25, -0.2) is 14.4 Å². The van der Waals surface area contributed by atoms with Gasteiger partial charge in [0.15, 0.2) is 5.78 Å². The second kappa shape index (κ2) is 15.1. The predicted molar refractivity (Wildman–Crippen MR) is 181 cm³/mol. The molecule has 0 amide bonds. The first-order valence-electron chi connectivity index (χ1n) is 14.8. The molecular formula is C39H40O7. The van der Waals surface area contributed by atoms with E-state index >= 15 is 0 Å². The van der Waals surface area contributed by atoms with Crippen molar-refractivity contribution < 1.29 is 33.4 Å². The zero-order valence-electron chi connectivity index (χ0n) is 27.4. The van der Waals surface area contributed by atoms with Gasteiger partial charge in [-0.3, -0.25) is 4.79 Å². The molecule has 0 aromatic heterocycles. The van der Waals surface area contributed by atoms with Crippen LogP contribution in [0.2, 0.25) is 0 Å². The standard InChI is InChI=1S/C39H40O7/c1-22(2)31-19-27(12-18-34(40)23(3)4)11-17-30(31)33-21-35(45-38(42)25(7)8)32(20-36(33)46-39(43)26(9)10)28-13-15-29(16-14-28)44-37(41)24(5)6/h11,13-17,19-22H,3,5,7,9,12,18H2,1-2,4,6,8,10H3. The maximum atomic E-state index is 12.9. The molecule has 0 atom stereocenters. The third-order valence-electron chi connectivity index (χ3n) is 7.05. The maximum Gasteiger partial charge on any atom is 0.338 e. The Morgan fingerprint density at radius 3 is 1.61 bits per heavy atom. The van der Waals surface area contributed by atoms with Crippen LogP contribution < -0.4 is 14.2 Å². The lowest BCUT2D eigenvalue weighted by molar-refractivity contribution is -0.131. The quantitative estimate of drug-likeness (QED) is 0.107. The number of esters is 3. The van der Waals surface area contributed by atoms with Crippen molar-refractivity contribution in [2.75, 3.05) is 0 Å². The number of aryl methyl sites for hydroxylation is 1. The molecule has 0 aliphatic rings. The molecule has 0 spiro atoms. The summed E-state index contributed by atoms with van der Waals surface area (Å²) in [7, 11) is 0. The highest BCUT2D eigenvalue weighted by atomic mass is 16.5. The minimum absolute atomic E-state index is 0.00531.